The number of hydrogen-bond donors (Lipinski definition) is 1. The summed E-state index contributed by atoms with van der Waals surface area (Å²) in [7, 11) is -4.20. The van der Waals surface area contributed by atoms with E-state index >= 15 is 0 Å². The standard InChI is InChI=1S/C15H16O4S/c1-2-15(20(16,17)18)19-14-10-8-13(9-11-14)12-6-4-3-5-7-12/h3-11,15H,2H2,1H3,(H,16,17,18). The summed E-state index contributed by atoms with van der Waals surface area (Å²) in [6, 6.07) is 16.9. The van der Waals surface area contributed by atoms with Crippen LogP contribution in [0.5, 0.6) is 5.75 Å². The summed E-state index contributed by atoms with van der Waals surface area (Å²) in [4.78, 5) is 0. The van der Waals surface area contributed by atoms with Crippen LogP contribution in [0.25, 0.3) is 11.1 Å². The van der Waals surface area contributed by atoms with Crippen LogP contribution in [0.2, 0.25) is 0 Å². The fraction of sp³-hybridized carbons (Fsp3) is 0.200. The van der Waals surface area contributed by atoms with E-state index in [1.165, 1.54) is 0 Å². The third kappa shape index (κ3) is 3.59. The normalized spacial score (nSPS) is 12.9. The Morgan fingerprint density at radius 3 is 2.05 bits per heavy atom. The molecule has 0 fully saturated rings. The maximum Gasteiger partial charge on any atom is 0.303 e. The number of benzene rings is 2. The van der Waals surface area contributed by atoms with Gasteiger partial charge in [0.05, 0.1) is 0 Å². The van der Waals surface area contributed by atoms with Gasteiger partial charge in [0, 0.05) is 0 Å². The smallest absolute Gasteiger partial charge is 0.303 e. The molecule has 0 aliphatic rings. The Morgan fingerprint density at radius 1 is 1.00 bits per heavy atom. The van der Waals surface area contributed by atoms with Gasteiger partial charge in [-0.25, -0.2) is 0 Å². The number of hydrogen-bond acceptors (Lipinski definition) is 3. The van der Waals surface area contributed by atoms with Crippen LogP contribution in [0.1, 0.15) is 13.3 Å². The maximum atomic E-state index is 11.1. The van der Waals surface area contributed by atoms with E-state index in [0.717, 1.165) is 11.1 Å². The van der Waals surface area contributed by atoms with Gasteiger partial charge in [0.15, 0.2) is 0 Å². The van der Waals surface area contributed by atoms with Crippen molar-refractivity contribution in [3.05, 3.63) is 54.6 Å². The Bertz CT molecular complexity index is 648. The molecule has 0 saturated heterocycles. The molecule has 1 atom stereocenters. The molecule has 0 heterocycles. The summed E-state index contributed by atoms with van der Waals surface area (Å²) in [6.45, 7) is 1.64. The molecule has 1 unspecified atom stereocenters. The van der Waals surface area contributed by atoms with E-state index in [1.54, 1.807) is 19.1 Å². The second-order valence-electron chi connectivity index (χ2n) is 4.36. The van der Waals surface area contributed by atoms with Crippen molar-refractivity contribution in [3.8, 4) is 16.9 Å². The number of rotatable bonds is 5. The predicted octanol–water partition coefficient (Wildman–Crippen LogP) is 3.36. The van der Waals surface area contributed by atoms with E-state index in [-0.39, 0.29) is 6.42 Å². The largest absolute Gasteiger partial charge is 0.472 e. The van der Waals surface area contributed by atoms with Crippen molar-refractivity contribution in [1.29, 1.82) is 0 Å². The minimum atomic E-state index is -4.20. The molecule has 0 aliphatic heterocycles. The lowest BCUT2D eigenvalue weighted by Crippen LogP contribution is -2.25. The van der Waals surface area contributed by atoms with Crippen LogP contribution < -0.4 is 4.74 Å². The van der Waals surface area contributed by atoms with Gasteiger partial charge < -0.3 is 4.74 Å². The first-order valence-corrected chi connectivity index (χ1v) is 7.79. The van der Waals surface area contributed by atoms with Crippen molar-refractivity contribution >= 4 is 10.1 Å². The molecule has 0 saturated carbocycles. The molecule has 20 heavy (non-hydrogen) atoms. The number of ether oxygens (including phenoxy) is 1. The van der Waals surface area contributed by atoms with Gasteiger partial charge in [-0.3, -0.25) is 4.55 Å². The van der Waals surface area contributed by atoms with Crippen LogP contribution in [-0.2, 0) is 10.1 Å². The zero-order chi connectivity index (χ0) is 14.6. The molecule has 0 spiro atoms. The van der Waals surface area contributed by atoms with E-state index in [2.05, 4.69) is 0 Å². The molecule has 5 heteroatoms. The second-order valence-corrected chi connectivity index (χ2v) is 5.92. The highest BCUT2D eigenvalue weighted by Gasteiger charge is 2.22. The summed E-state index contributed by atoms with van der Waals surface area (Å²) >= 11 is 0. The van der Waals surface area contributed by atoms with Crippen molar-refractivity contribution in [1.82, 2.24) is 0 Å². The summed E-state index contributed by atoms with van der Waals surface area (Å²) in [5.41, 5.74) is 0.851. The molecule has 1 N–H and O–H groups in total. The van der Waals surface area contributed by atoms with E-state index in [1.807, 2.05) is 42.5 Å². The van der Waals surface area contributed by atoms with Gasteiger partial charge in [-0.15, -0.1) is 0 Å². The average molecular weight is 292 g/mol. The summed E-state index contributed by atoms with van der Waals surface area (Å²) < 4.78 is 36.5. The lowest BCUT2D eigenvalue weighted by atomic mass is 10.1. The fourth-order valence-electron chi connectivity index (χ4n) is 1.86. The summed E-state index contributed by atoms with van der Waals surface area (Å²) in [5, 5.41) is 0. The molecule has 0 amide bonds. The van der Waals surface area contributed by atoms with Crippen LogP contribution in [0.3, 0.4) is 0 Å². The highest BCUT2D eigenvalue weighted by atomic mass is 32.2. The van der Waals surface area contributed by atoms with Gasteiger partial charge in [0.2, 0.25) is 5.44 Å². The van der Waals surface area contributed by atoms with Gasteiger partial charge in [0.25, 0.3) is 0 Å². The van der Waals surface area contributed by atoms with Crippen LogP contribution in [0, 0.1) is 0 Å². The molecular formula is C15H16O4S. The Labute approximate surface area is 118 Å². The van der Waals surface area contributed by atoms with Gasteiger partial charge in [0.1, 0.15) is 5.75 Å². The Morgan fingerprint density at radius 2 is 1.55 bits per heavy atom. The molecule has 0 bridgehead atoms. The minimum absolute atomic E-state index is 0.180. The molecule has 2 rings (SSSR count). The minimum Gasteiger partial charge on any atom is -0.472 e. The Kier molecular flexibility index (Phi) is 4.42. The van der Waals surface area contributed by atoms with Crippen molar-refractivity contribution < 1.29 is 17.7 Å². The average Bonchev–Trinajstić information content (AvgIpc) is 2.45. The van der Waals surface area contributed by atoms with Crippen molar-refractivity contribution in [2.75, 3.05) is 0 Å². The first-order chi connectivity index (χ1) is 9.50. The molecular weight excluding hydrogens is 276 g/mol. The van der Waals surface area contributed by atoms with E-state index < -0.39 is 15.6 Å². The van der Waals surface area contributed by atoms with Gasteiger partial charge >= 0.3 is 10.1 Å². The maximum absolute atomic E-state index is 11.1. The third-order valence-electron chi connectivity index (χ3n) is 2.89. The van der Waals surface area contributed by atoms with Gasteiger partial charge in [-0.1, -0.05) is 49.4 Å². The Balaban J connectivity index is 2.17. The molecule has 2 aromatic carbocycles. The Hall–Kier alpha value is -1.85. The molecule has 2 aromatic rings. The van der Waals surface area contributed by atoms with Crippen molar-refractivity contribution in [2.24, 2.45) is 0 Å². The zero-order valence-corrected chi connectivity index (χ0v) is 11.9. The van der Waals surface area contributed by atoms with Crippen molar-refractivity contribution in [2.45, 2.75) is 18.8 Å². The van der Waals surface area contributed by atoms with Crippen molar-refractivity contribution in [3.63, 3.8) is 0 Å². The van der Waals surface area contributed by atoms with Gasteiger partial charge in [-0.2, -0.15) is 8.42 Å². The SMILES string of the molecule is CCC(Oc1ccc(-c2ccccc2)cc1)S(=O)(=O)O. The molecule has 106 valence electrons. The monoisotopic (exact) mass is 292 g/mol. The second kappa shape index (κ2) is 6.07. The summed E-state index contributed by atoms with van der Waals surface area (Å²) in [6.07, 6.45) is 0.180. The van der Waals surface area contributed by atoms with Crippen LogP contribution in [-0.4, -0.2) is 18.4 Å². The molecule has 0 aromatic heterocycles. The summed E-state index contributed by atoms with van der Waals surface area (Å²) in [5.74, 6) is 0.411. The van der Waals surface area contributed by atoms with Crippen LogP contribution >= 0.6 is 0 Å². The third-order valence-corrected chi connectivity index (χ3v) is 3.99. The lowest BCUT2D eigenvalue weighted by molar-refractivity contribution is 0.253. The van der Waals surface area contributed by atoms with Crippen LogP contribution in [0.15, 0.2) is 54.6 Å². The first-order valence-electron chi connectivity index (χ1n) is 6.29. The predicted molar refractivity (Wildman–Crippen MR) is 78.1 cm³/mol. The first kappa shape index (κ1) is 14.6. The lowest BCUT2D eigenvalue weighted by Gasteiger charge is -2.14. The molecule has 4 nitrogen and oxygen atoms in total. The quantitative estimate of drug-likeness (QED) is 0.858. The topological polar surface area (TPSA) is 63.6 Å². The van der Waals surface area contributed by atoms with E-state index in [9.17, 15) is 8.42 Å². The van der Waals surface area contributed by atoms with Gasteiger partial charge in [-0.05, 0) is 29.7 Å². The molecule has 0 radical (unpaired) electrons. The van der Waals surface area contributed by atoms with E-state index in [0.29, 0.717) is 5.75 Å². The fourth-order valence-corrected chi connectivity index (χ4v) is 2.52. The zero-order valence-electron chi connectivity index (χ0n) is 11.1. The highest BCUT2D eigenvalue weighted by Crippen LogP contribution is 2.23. The van der Waals surface area contributed by atoms with E-state index in [4.69, 9.17) is 9.29 Å². The molecule has 0 aliphatic carbocycles. The van der Waals surface area contributed by atoms with Crippen LogP contribution in [0.4, 0.5) is 0 Å². The highest BCUT2D eigenvalue weighted by molar-refractivity contribution is 7.86.